The number of nitrogens with one attached hydrogen (secondary N) is 2. The van der Waals surface area contributed by atoms with Gasteiger partial charge < -0.3 is 10.2 Å². The minimum Gasteiger partial charge on any atom is -0.346 e. The van der Waals surface area contributed by atoms with Gasteiger partial charge in [-0.1, -0.05) is 29.4 Å². The summed E-state index contributed by atoms with van der Waals surface area (Å²) in [5.41, 5.74) is 0.964. The highest BCUT2D eigenvalue weighted by molar-refractivity contribution is 7.10. The molecule has 2 aromatic heterocycles. The first-order chi connectivity index (χ1) is 11.9. The zero-order chi connectivity index (χ0) is 16.2. The van der Waals surface area contributed by atoms with Crippen molar-refractivity contribution in [3.05, 3.63) is 52.7 Å². The second-order valence-corrected chi connectivity index (χ2v) is 7.04. The SMILES string of the molecule is c1ccc(-n2nnnc2NC[C@H](c2cccs2)[NH+]2CCCC2)cc1. The first-order valence-electron chi connectivity index (χ1n) is 8.37. The average Bonchev–Trinajstić information content (AvgIpc) is 3.39. The Morgan fingerprint density at radius 1 is 1.12 bits per heavy atom. The number of anilines is 1. The van der Waals surface area contributed by atoms with Gasteiger partial charge in [0, 0.05) is 12.8 Å². The molecule has 1 aliphatic rings. The number of hydrogen-bond acceptors (Lipinski definition) is 5. The number of hydrogen-bond donors (Lipinski definition) is 2. The minimum absolute atomic E-state index is 0.452. The van der Waals surface area contributed by atoms with E-state index in [1.165, 1.54) is 30.8 Å². The van der Waals surface area contributed by atoms with E-state index in [2.05, 4.69) is 38.4 Å². The number of nitrogens with zero attached hydrogens (tertiary/aromatic N) is 4. The fourth-order valence-electron chi connectivity index (χ4n) is 3.35. The largest absolute Gasteiger partial charge is 0.346 e. The minimum atomic E-state index is 0.452. The number of tetrazole rings is 1. The predicted molar refractivity (Wildman–Crippen MR) is 94.6 cm³/mol. The van der Waals surface area contributed by atoms with Crippen molar-refractivity contribution in [3.63, 3.8) is 0 Å². The van der Waals surface area contributed by atoms with Crippen molar-refractivity contribution in [1.82, 2.24) is 20.2 Å². The summed E-state index contributed by atoms with van der Waals surface area (Å²) >= 11 is 1.84. The van der Waals surface area contributed by atoms with Crippen LogP contribution in [0.5, 0.6) is 0 Å². The van der Waals surface area contributed by atoms with Gasteiger partial charge in [-0.25, -0.2) is 0 Å². The number of para-hydroxylation sites is 1. The van der Waals surface area contributed by atoms with E-state index in [1.54, 1.807) is 9.58 Å². The molecule has 1 aliphatic heterocycles. The van der Waals surface area contributed by atoms with Crippen LogP contribution in [0.2, 0.25) is 0 Å². The normalized spacial score (nSPS) is 16.3. The Kier molecular flexibility index (Phi) is 4.53. The predicted octanol–water partition coefficient (Wildman–Crippen LogP) is 1.56. The summed E-state index contributed by atoms with van der Waals surface area (Å²) in [4.78, 5) is 3.09. The maximum atomic E-state index is 4.16. The molecular formula is C17H21N6S+. The number of benzene rings is 1. The molecule has 124 valence electrons. The van der Waals surface area contributed by atoms with Crippen LogP contribution in [-0.2, 0) is 0 Å². The smallest absolute Gasteiger partial charge is 0.247 e. The summed E-state index contributed by atoms with van der Waals surface area (Å²) in [5.74, 6) is 0.696. The number of rotatable bonds is 6. The van der Waals surface area contributed by atoms with Gasteiger partial charge in [0.15, 0.2) is 0 Å². The van der Waals surface area contributed by atoms with Crippen molar-refractivity contribution < 1.29 is 4.90 Å². The second-order valence-electron chi connectivity index (χ2n) is 6.06. The Bertz CT molecular complexity index is 749. The van der Waals surface area contributed by atoms with Crippen molar-refractivity contribution in [3.8, 4) is 5.69 Å². The van der Waals surface area contributed by atoms with Gasteiger partial charge in [-0.2, -0.15) is 4.68 Å². The maximum absolute atomic E-state index is 4.16. The molecule has 0 radical (unpaired) electrons. The molecule has 1 atom stereocenters. The molecule has 0 unspecified atom stereocenters. The lowest BCUT2D eigenvalue weighted by Gasteiger charge is -2.24. The van der Waals surface area contributed by atoms with E-state index >= 15 is 0 Å². The van der Waals surface area contributed by atoms with Gasteiger partial charge in [0.25, 0.3) is 0 Å². The monoisotopic (exact) mass is 341 g/mol. The lowest BCUT2D eigenvalue weighted by molar-refractivity contribution is -0.917. The summed E-state index contributed by atoms with van der Waals surface area (Å²) in [7, 11) is 0. The highest BCUT2D eigenvalue weighted by atomic mass is 32.1. The first kappa shape index (κ1) is 15.3. The molecule has 0 bridgehead atoms. The number of thiophene rings is 1. The van der Waals surface area contributed by atoms with E-state index in [4.69, 9.17) is 0 Å². The fraction of sp³-hybridized carbons (Fsp3) is 0.353. The van der Waals surface area contributed by atoms with Gasteiger partial charge in [-0.05, 0) is 34.0 Å². The van der Waals surface area contributed by atoms with Crippen molar-refractivity contribution >= 4 is 17.3 Å². The molecule has 6 nitrogen and oxygen atoms in total. The van der Waals surface area contributed by atoms with Crippen LogP contribution >= 0.6 is 11.3 Å². The van der Waals surface area contributed by atoms with Crippen LogP contribution in [0.4, 0.5) is 5.95 Å². The van der Waals surface area contributed by atoms with Gasteiger partial charge >= 0.3 is 0 Å². The summed E-state index contributed by atoms with van der Waals surface area (Å²) in [6.07, 6.45) is 2.64. The topological polar surface area (TPSA) is 60.1 Å². The highest BCUT2D eigenvalue weighted by Gasteiger charge is 2.28. The molecule has 0 aliphatic carbocycles. The number of quaternary nitrogens is 1. The van der Waals surface area contributed by atoms with Crippen molar-refractivity contribution in [1.29, 1.82) is 0 Å². The van der Waals surface area contributed by atoms with E-state index in [9.17, 15) is 0 Å². The van der Waals surface area contributed by atoms with E-state index in [0.717, 1.165) is 12.2 Å². The Morgan fingerprint density at radius 2 is 1.96 bits per heavy atom. The molecule has 1 fully saturated rings. The zero-order valence-electron chi connectivity index (χ0n) is 13.4. The Morgan fingerprint density at radius 3 is 2.71 bits per heavy atom. The van der Waals surface area contributed by atoms with Gasteiger partial charge in [0.05, 0.1) is 30.2 Å². The molecule has 0 amide bonds. The molecular weight excluding hydrogens is 320 g/mol. The lowest BCUT2D eigenvalue weighted by Crippen LogP contribution is -3.10. The van der Waals surface area contributed by atoms with E-state index in [0.29, 0.717) is 12.0 Å². The van der Waals surface area contributed by atoms with Crippen molar-refractivity contribution in [2.24, 2.45) is 0 Å². The van der Waals surface area contributed by atoms with Crippen LogP contribution in [0.15, 0.2) is 47.8 Å². The molecule has 1 aromatic carbocycles. The molecule has 0 saturated carbocycles. The molecule has 3 aromatic rings. The third-order valence-electron chi connectivity index (χ3n) is 4.56. The van der Waals surface area contributed by atoms with E-state index < -0.39 is 0 Å². The van der Waals surface area contributed by atoms with Crippen LogP contribution in [-0.4, -0.2) is 39.8 Å². The van der Waals surface area contributed by atoms with E-state index in [1.807, 2.05) is 41.7 Å². The third kappa shape index (κ3) is 3.18. The number of aromatic nitrogens is 4. The van der Waals surface area contributed by atoms with Crippen LogP contribution in [0.3, 0.4) is 0 Å². The molecule has 2 N–H and O–H groups in total. The summed E-state index contributed by atoms with van der Waals surface area (Å²) in [6, 6.07) is 14.8. The number of likely N-dealkylation sites (tertiary alicyclic amines) is 1. The molecule has 0 spiro atoms. The molecule has 7 heteroatoms. The first-order valence-corrected chi connectivity index (χ1v) is 9.25. The van der Waals surface area contributed by atoms with Crippen LogP contribution in [0.25, 0.3) is 5.69 Å². The van der Waals surface area contributed by atoms with Gasteiger partial charge in [0.2, 0.25) is 5.95 Å². The second kappa shape index (κ2) is 7.11. The maximum Gasteiger partial charge on any atom is 0.247 e. The van der Waals surface area contributed by atoms with Crippen LogP contribution in [0.1, 0.15) is 23.8 Å². The molecule has 4 rings (SSSR count). The molecule has 24 heavy (non-hydrogen) atoms. The summed E-state index contributed by atoms with van der Waals surface area (Å²) in [6.45, 7) is 3.32. The van der Waals surface area contributed by atoms with Gasteiger partial charge in [-0.3, -0.25) is 0 Å². The molecule has 1 saturated heterocycles. The third-order valence-corrected chi connectivity index (χ3v) is 5.55. The zero-order valence-corrected chi connectivity index (χ0v) is 14.2. The van der Waals surface area contributed by atoms with Gasteiger partial charge in [0.1, 0.15) is 6.04 Å². The van der Waals surface area contributed by atoms with Crippen LogP contribution < -0.4 is 10.2 Å². The fourth-order valence-corrected chi connectivity index (χ4v) is 4.23. The average molecular weight is 341 g/mol. The lowest BCUT2D eigenvalue weighted by atomic mass is 10.2. The van der Waals surface area contributed by atoms with Crippen LogP contribution in [0, 0.1) is 0 Å². The van der Waals surface area contributed by atoms with Crippen molar-refractivity contribution in [2.45, 2.75) is 18.9 Å². The summed E-state index contributed by atoms with van der Waals surface area (Å²) in [5, 5.41) is 17.7. The molecule has 3 heterocycles. The summed E-state index contributed by atoms with van der Waals surface area (Å²) < 4.78 is 1.75. The Hall–Kier alpha value is -2.25. The standard InChI is InChI=1S/C17H20N6S/c1-2-7-14(8-3-1)23-17(19-20-21-23)18-13-15(16-9-6-12-24-16)22-10-4-5-11-22/h1-3,6-9,12,15H,4-5,10-11,13H2,(H,18,19,21)/p+1/t15-/m1/s1. The van der Waals surface area contributed by atoms with Crippen molar-refractivity contribution in [2.75, 3.05) is 25.0 Å². The Labute approximate surface area is 145 Å². The highest BCUT2D eigenvalue weighted by Crippen LogP contribution is 2.19. The quantitative estimate of drug-likeness (QED) is 0.714. The Balaban J connectivity index is 1.52. The van der Waals surface area contributed by atoms with E-state index in [-0.39, 0.29) is 0 Å². The van der Waals surface area contributed by atoms with Gasteiger partial charge in [-0.15, -0.1) is 11.3 Å².